The molecule has 1 heterocycles. The van der Waals surface area contributed by atoms with E-state index in [9.17, 15) is 5.41 Å². The molecule has 1 aromatic carbocycles. The van der Waals surface area contributed by atoms with Crippen LogP contribution in [0.4, 0.5) is 0 Å². The van der Waals surface area contributed by atoms with Crippen LogP contribution in [0.15, 0.2) is 24.3 Å². The molecule has 0 spiro atoms. The van der Waals surface area contributed by atoms with E-state index in [2.05, 4.69) is 51.7 Å². The van der Waals surface area contributed by atoms with Crippen LogP contribution in [0.25, 0.3) is 5.41 Å². The molecule has 2 fully saturated rings. The second-order valence-electron chi connectivity index (χ2n) is 9.27. The molecule has 1 aliphatic heterocycles. The molecule has 0 saturated heterocycles. The monoisotopic (exact) mass is 486 g/mol. The largest absolute Gasteiger partial charge is 0.464 e. The van der Waals surface area contributed by atoms with Crippen molar-refractivity contribution in [1.82, 2.24) is 4.90 Å². The average Bonchev–Trinajstić information content (AvgIpc) is 3.16. The molecule has 0 bridgehead atoms. The summed E-state index contributed by atoms with van der Waals surface area (Å²) in [4.78, 5) is 2.20. The zero-order valence-electron chi connectivity index (χ0n) is 19.7. The van der Waals surface area contributed by atoms with Crippen LogP contribution >= 0.6 is 18.6 Å². The Morgan fingerprint density at radius 1 is 0.833 bits per heavy atom. The summed E-state index contributed by atoms with van der Waals surface area (Å²) in [6.07, 6.45) is 6.45. The molecule has 3 aliphatic rings. The van der Waals surface area contributed by atoms with E-state index in [1.807, 2.05) is 12.1 Å². The molecule has 170 valence electrons. The zero-order valence-corrected chi connectivity index (χ0v) is 22.7. The summed E-state index contributed by atoms with van der Waals surface area (Å²) in [7, 11) is 9.78. The Balaban J connectivity index is 0.000000279. The molecule has 30 heavy (non-hydrogen) atoms. The van der Waals surface area contributed by atoms with E-state index in [1.165, 1.54) is 37.7 Å². The van der Waals surface area contributed by atoms with E-state index in [0.717, 1.165) is 41.7 Å². The van der Waals surface area contributed by atoms with Crippen molar-refractivity contribution < 1.29 is 17.0 Å². The topological polar surface area (TPSA) is 25.5 Å². The Bertz CT molecular complexity index is 603. The van der Waals surface area contributed by atoms with Gasteiger partial charge in [0.05, 0.1) is 0 Å². The second kappa shape index (κ2) is 13.5. The van der Waals surface area contributed by atoms with Crippen LogP contribution in [0.1, 0.15) is 77.8 Å². The van der Waals surface area contributed by atoms with Gasteiger partial charge in [0, 0.05) is 0 Å². The van der Waals surface area contributed by atoms with Gasteiger partial charge in [-0.1, -0.05) is 96.8 Å². The number of halogens is 2. The van der Waals surface area contributed by atoms with Crippen LogP contribution in [0.2, 0.25) is 0 Å². The second-order valence-corrected chi connectivity index (χ2v) is 11.8. The van der Waals surface area contributed by atoms with Gasteiger partial charge in [0.15, 0.2) is 0 Å². The van der Waals surface area contributed by atoms with Gasteiger partial charge < -0.3 is 17.7 Å². The van der Waals surface area contributed by atoms with Gasteiger partial charge in [-0.2, -0.15) is 0 Å². The molecule has 1 aromatic rings. The number of hydrogen-bond donors (Lipinski definition) is 0. The van der Waals surface area contributed by atoms with Gasteiger partial charge in [-0.15, -0.1) is 0 Å². The number of fused-ring (bicyclic) bond motifs is 1. The predicted octanol–water partition coefficient (Wildman–Crippen LogP) is 8.16. The van der Waals surface area contributed by atoms with Crippen molar-refractivity contribution in [3.8, 4) is 0 Å². The first-order valence-corrected chi connectivity index (χ1v) is 15.5. The van der Waals surface area contributed by atoms with Crippen molar-refractivity contribution in [2.24, 2.45) is 29.6 Å². The fourth-order valence-corrected chi connectivity index (χ4v) is 5.38. The molecule has 4 rings (SSSR count). The summed E-state index contributed by atoms with van der Waals surface area (Å²) < 4.78 is 0. The Labute approximate surface area is 202 Å². The van der Waals surface area contributed by atoms with E-state index in [4.69, 9.17) is 18.6 Å². The Kier molecular flexibility index (Phi) is 12.6. The van der Waals surface area contributed by atoms with Crippen LogP contribution in [-0.2, 0) is 23.6 Å². The number of rotatable bonds is 1. The van der Waals surface area contributed by atoms with Gasteiger partial charge in [-0.25, -0.2) is 0 Å². The zero-order chi connectivity index (χ0) is 21.6. The van der Waals surface area contributed by atoms with Crippen molar-refractivity contribution >= 4 is 24.4 Å². The van der Waals surface area contributed by atoms with Crippen LogP contribution in [0, 0.1) is 37.0 Å². The van der Waals surface area contributed by atoms with Gasteiger partial charge in [0.1, 0.15) is 0 Å². The van der Waals surface area contributed by atoms with Gasteiger partial charge >= 0.3 is 35.6 Å². The first-order valence-electron chi connectivity index (χ1n) is 11.2. The minimum Gasteiger partial charge on any atom is -0.464 e. The Morgan fingerprint density at radius 2 is 1.27 bits per heavy atom. The van der Waals surface area contributed by atoms with Crippen LogP contribution < -0.4 is 0 Å². The van der Waals surface area contributed by atoms with Crippen molar-refractivity contribution in [3.63, 3.8) is 0 Å². The number of amidine groups is 1. The van der Waals surface area contributed by atoms with E-state index in [-0.39, 0.29) is 7.43 Å². The minimum absolute atomic E-state index is 0. The van der Waals surface area contributed by atoms with Crippen LogP contribution in [-0.4, -0.2) is 16.8 Å². The van der Waals surface area contributed by atoms with Crippen molar-refractivity contribution in [2.45, 2.75) is 79.3 Å². The molecule has 2 aliphatic carbocycles. The van der Waals surface area contributed by atoms with E-state index in [1.54, 1.807) is 0 Å². The third kappa shape index (κ3) is 6.74. The van der Waals surface area contributed by atoms with Gasteiger partial charge in [0.2, 0.25) is 0 Å². The van der Waals surface area contributed by atoms with Gasteiger partial charge in [-0.3, -0.25) is 0 Å². The third-order valence-electron chi connectivity index (χ3n) is 8.03. The average molecular weight is 487 g/mol. The summed E-state index contributed by atoms with van der Waals surface area (Å²) in [5.74, 6) is 5.18. The fourth-order valence-electron chi connectivity index (χ4n) is 5.38. The summed E-state index contributed by atoms with van der Waals surface area (Å²) in [5, 5.41) is 10.2. The third-order valence-corrected chi connectivity index (χ3v) is 8.03. The van der Waals surface area contributed by atoms with Crippen LogP contribution in [0.5, 0.6) is 0 Å². The first-order chi connectivity index (χ1) is 13.8. The number of hydrogen-bond acceptors (Lipinski definition) is 0. The maximum Gasteiger partial charge on any atom is -0.0235 e. The number of benzene rings is 1. The summed E-state index contributed by atoms with van der Waals surface area (Å²) >= 11 is -0.556. The molecule has 0 radical (unpaired) electrons. The molecule has 5 heteroatoms. The van der Waals surface area contributed by atoms with Gasteiger partial charge in [-0.05, 0) is 53.3 Å². The molecule has 0 unspecified atom stereocenters. The van der Waals surface area contributed by atoms with Gasteiger partial charge in [0.25, 0.3) is 0 Å². The minimum atomic E-state index is -0.556. The Hall–Kier alpha value is -0.0157. The predicted molar refractivity (Wildman–Crippen MR) is 130 cm³/mol. The quantitative estimate of drug-likeness (QED) is 0.290. The van der Waals surface area contributed by atoms with E-state index < -0.39 is 17.0 Å². The number of nitrogens with zero attached hydrogens (tertiary/aromatic N) is 2. The van der Waals surface area contributed by atoms with Crippen molar-refractivity contribution in [1.29, 1.82) is 0 Å². The Morgan fingerprint density at radius 3 is 1.70 bits per heavy atom. The summed E-state index contributed by atoms with van der Waals surface area (Å²) in [5.41, 5.74) is 2.30. The molecule has 0 atom stereocenters. The van der Waals surface area contributed by atoms with Crippen LogP contribution in [0.3, 0.4) is 0 Å². The van der Waals surface area contributed by atoms with Crippen molar-refractivity contribution in [3.05, 3.63) is 48.2 Å². The standard InChI is InChI=1S/C14H17N2.C10H20.CH3.2ClH.Ti/c15-14-13-9-5-4-6-11(13)10-16(14)12-7-2-1-3-8-12;1-6-7(2)9(4)10(5)8(6)3;;;;/h4-6,9,12H,1-3,7-8,10H2;6-10H,1-5H3;1H3;2*1H;/q-1;;-1;;;+2/p-2. The first kappa shape index (κ1) is 28.0. The molecule has 0 N–H and O–H groups in total. The molecular weight excluding hydrogens is 447 g/mol. The maximum absolute atomic E-state index is 10.2. The molecule has 2 saturated carbocycles. The SMILES string of the molecule is CC1C(C)C(C)C(C)C1C.[CH3-].[Cl][Ti][Cl].[N-]=C1c2ccccc2CN1C1CCCCC1. The smallest absolute Gasteiger partial charge is 0.0235 e. The molecule has 0 aromatic heterocycles. The maximum atomic E-state index is 10.2. The molecule has 0 amide bonds. The molecular formula is C25H40Cl2N2Ti-2. The van der Waals surface area contributed by atoms with E-state index in [0.29, 0.717) is 11.9 Å². The molecule has 2 nitrogen and oxygen atoms in total. The summed E-state index contributed by atoms with van der Waals surface area (Å²) in [6.45, 7) is 12.9. The fraction of sp³-hybridized carbons (Fsp3) is 0.680. The van der Waals surface area contributed by atoms with Crippen molar-refractivity contribution in [2.75, 3.05) is 0 Å². The normalized spacial score (nSPS) is 30.3. The summed E-state index contributed by atoms with van der Waals surface area (Å²) in [6, 6.07) is 8.75. The van der Waals surface area contributed by atoms with E-state index >= 15 is 0 Å².